The molecule has 0 heterocycles. The average molecular weight is 332 g/mol. The fraction of sp³-hybridized carbons (Fsp3) is 0.333. The van der Waals surface area contributed by atoms with E-state index in [2.05, 4.69) is 26.4 Å². The maximum atomic E-state index is 13.6. The summed E-state index contributed by atoms with van der Waals surface area (Å²) < 4.78 is 14.2. The van der Waals surface area contributed by atoms with Gasteiger partial charge in [-0.15, -0.1) is 0 Å². The summed E-state index contributed by atoms with van der Waals surface area (Å²) in [5, 5.41) is 14.0. The summed E-state index contributed by atoms with van der Waals surface area (Å²) in [6.45, 7) is 1.84. The van der Waals surface area contributed by atoms with Gasteiger partial charge in [-0.3, -0.25) is 4.79 Å². The Labute approximate surface area is 118 Å². The first-order valence-electron chi connectivity index (χ1n) is 5.70. The van der Waals surface area contributed by atoms with E-state index >= 15 is 0 Å². The molecule has 0 spiro atoms. The van der Waals surface area contributed by atoms with Gasteiger partial charge >= 0.3 is 0 Å². The third kappa shape index (κ3) is 4.51. The highest BCUT2D eigenvalue weighted by Crippen LogP contribution is 2.15. The van der Waals surface area contributed by atoms with Crippen molar-refractivity contribution in [1.82, 2.24) is 5.32 Å². The second kappa shape index (κ2) is 7.08. The maximum Gasteiger partial charge on any atom is 0.254 e. The standard InChI is InChI=1S/C12H15BrFN3O2/c1-2-8(6-11(15)17-19)16-12(18)9-4-3-7(13)5-10(9)14/h3-5,8,19H,2,6H2,1H3,(H2,15,17)(H,16,18). The fourth-order valence-electron chi connectivity index (χ4n) is 1.53. The highest BCUT2D eigenvalue weighted by molar-refractivity contribution is 9.10. The predicted octanol–water partition coefficient (Wildman–Crippen LogP) is 2.23. The van der Waals surface area contributed by atoms with Gasteiger partial charge in [0.15, 0.2) is 0 Å². The van der Waals surface area contributed by atoms with Crippen LogP contribution in [0.2, 0.25) is 0 Å². The molecule has 1 amide bonds. The Morgan fingerprint density at radius 3 is 2.84 bits per heavy atom. The first-order valence-corrected chi connectivity index (χ1v) is 6.49. The Kier molecular flexibility index (Phi) is 5.75. The number of carbonyl (C=O) groups is 1. The summed E-state index contributed by atoms with van der Waals surface area (Å²) in [5.74, 6) is -1.11. The van der Waals surface area contributed by atoms with Crippen molar-refractivity contribution >= 4 is 27.7 Å². The van der Waals surface area contributed by atoms with Gasteiger partial charge < -0.3 is 16.3 Å². The topological polar surface area (TPSA) is 87.7 Å². The molecule has 1 aromatic carbocycles. The largest absolute Gasteiger partial charge is 0.409 e. The van der Waals surface area contributed by atoms with Crippen LogP contribution in [0.3, 0.4) is 0 Å². The van der Waals surface area contributed by atoms with Crippen LogP contribution in [0.5, 0.6) is 0 Å². The number of hydrogen-bond acceptors (Lipinski definition) is 3. The van der Waals surface area contributed by atoms with Crippen LogP contribution in [-0.4, -0.2) is 23.0 Å². The third-order valence-electron chi connectivity index (χ3n) is 2.59. The number of amides is 1. The number of rotatable bonds is 5. The van der Waals surface area contributed by atoms with Crippen molar-refractivity contribution in [3.05, 3.63) is 34.1 Å². The Morgan fingerprint density at radius 2 is 2.32 bits per heavy atom. The molecule has 0 aliphatic carbocycles. The highest BCUT2D eigenvalue weighted by atomic mass is 79.9. The van der Waals surface area contributed by atoms with Crippen molar-refractivity contribution in [2.24, 2.45) is 10.9 Å². The molecular formula is C12H15BrFN3O2. The van der Waals surface area contributed by atoms with E-state index in [0.29, 0.717) is 10.9 Å². The lowest BCUT2D eigenvalue weighted by molar-refractivity contribution is 0.0933. The monoisotopic (exact) mass is 331 g/mol. The fourth-order valence-corrected chi connectivity index (χ4v) is 1.86. The van der Waals surface area contributed by atoms with Crippen molar-refractivity contribution in [2.45, 2.75) is 25.8 Å². The molecule has 1 rings (SSSR count). The van der Waals surface area contributed by atoms with Crippen LogP contribution in [0.25, 0.3) is 0 Å². The number of amidine groups is 1. The molecule has 104 valence electrons. The molecular weight excluding hydrogens is 317 g/mol. The molecule has 0 saturated heterocycles. The van der Waals surface area contributed by atoms with Crippen LogP contribution in [-0.2, 0) is 0 Å². The molecule has 0 aromatic heterocycles. The summed E-state index contributed by atoms with van der Waals surface area (Å²) in [5.41, 5.74) is 5.34. The molecule has 1 unspecified atom stereocenters. The molecule has 7 heteroatoms. The van der Waals surface area contributed by atoms with E-state index in [1.165, 1.54) is 12.1 Å². The van der Waals surface area contributed by atoms with Gasteiger partial charge in [0.2, 0.25) is 0 Å². The number of nitrogens with zero attached hydrogens (tertiary/aromatic N) is 1. The first kappa shape index (κ1) is 15.4. The van der Waals surface area contributed by atoms with Crippen LogP contribution in [0.1, 0.15) is 30.1 Å². The molecule has 1 aromatic rings. The Bertz CT molecular complexity index is 494. The van der Waals surface area contributed by atoms with Crippen molar-refractivity contribution in [1.29, 1.82) is 0 Å². The van der Waals surface area contributed by atoms with E-state index in [0.717, 1.165) is 0 Å². The predicted molar refractivity (Wildman–Crippen MR) is 73.7 cm³/mol. The average Bonchev–Trinajstić information content (AvgIpc) is 2.37. The zero-order chi connectivity index (χ0) is 14.4. The number of carbonyl (C=O) groups excluding carboxylic acids is 1. The van der Waals surface area contributed by atoms with Gasteiger partial charge in [-0.25, -0.2) is 4.39 Å². The third-order valence-corrected chi connectivity index (χ3v) is 3.08. The highest BCUT2D eigenvalue weighted by Gasteiger charge is 2.16. The van der Waals surface area contributed by atoms with Crippen molar-refractivity contribution in [2.75, 3.05) is 0 Å². The molecule has 0 aliphatic heterocycles. The lowest BCUT2D eigenvalue weighted by atomic mass is 10.1. The van der Waals surface area contributed by atoms with Gasteiger partial charge in [0.25, 0.3) is 5.91 Å². The minimum Gasteiger partial charge on any atom is -0.409 e. The van der Waals surface area contributed by atoms with E-state index in [4.69, 9.17) is 10.9 Å². The minimum atomic E-state index is -0.606. The van der Waals surface area contributed by atoms with Gasteiger partial charge in [-0.2, -0.15) is 0 Å². The zero-order valence-corrected chi connectivity index (χ0v) is 11.9. The molecule has 5 nitrogen and oxygen atoms in total. The minimum absolute atomic E-state index is 0.0171. The van der Waals surface area contributed by atoms with Crippen LogP contribution in [0.15, 0.2) is 27.8 Å². The molecule has 1 atom stereocenters. The van der Waals surface area contributed by atoms with E-state index in [9.17, 15) is 9.18 Å². The summed E-state index contributed by atoms with van der Waals surface area (Å²) in [7, 11) is 0. The summed E-state index contributed by atoms with van der Waals surface area (Å²) >= 11 is 3.12. The quantitative estimate of drug-likeness (QED) is 0.334. The molecule has 0 bridgehead atoms. The maximum absolute atomic E-state index is 13.6. The normalized spacial score (nSPS) is 13.1. The number of oxime groups is 1. The van der Waals surface area contributed by atoms with E-state index in [1.807, 2.05) is 6.92 Å². The number of hydrogen-bond donors (Lipinski definition) is 3. The second-order valence-corrected chi connectivity index (χ2v) is 4.91. The van der Waals surface area contributed by atoms with Crippen LogP contribution in [0.4, 0.5) is 4.39 Å². The lowest BCUT2D eigenvalue weighted by Gasteiger charge is -2.16. The van der Waals surface area contributed by atoms with Gasteiger partial charge in [-0.1, -0.05) is 28.0 Å². The lowest BCUT2D eigenvalue weighted by Crippen LogP contribution is -2.37. The van der Waals surface area contributed by atoms with Gasteiger partial charge in [0, 0.05) is 16.9 Å². The van der Waals surface area contributed by atoms with Gasteiger partial charge in [0.05, 0.1) is 5.56 Å². The van der Waals surface area contributed by atoms with Gasteiger partial charge in [-0.05, 0) is 24.6 Å². The molecule has 19 heavy (non-hydrogen) atoms. The second-order valence-electron chi connectivity index (χ2n) is 4.00. The van der Waals surface area contributed by atoms with E-state index < -0.39 is 11.7 Å². The Hall–Kier alpha value is -1.63. The SMILES string of the molecule is CCC(CC(N)=NO)NC(=O)c1ccc(Br)cc1F. The molecule has 0 fully saturated rings. The molecule has 0 aliphatic rings. The molecule has 0 radical (unpaired) electrons. The summed E-state index contributed by atoms with van der Waals surface area (Å²) in [6, 6.07) is 3.89. The van der Waals surface area contributed by atoms with Crippen molar-refractivity contribution < 1.29 is 14.4 Å². The summed E-state index contributed by atoms with van der Waals surface area (Å²) in [6.07, 6.45) is 0.789. The van der Waals surface area contributed by atoms with E-state index in [-0.39, 0.29) is 23.9 Å². The summed E-state index contributed by atoms with van der Waals surface area (Å²) in [4.78, 5) is 11.9. The Balaban J connectivity index is 2.77. The molecule has 0 saturated carbocycles. The zero-order valence-electron chi connectivity index (χ0n) is 10.4. The number of nitrogens with two attached hydrogens (primary N) is 1. The number of nitrogens with one attached hydrogen (secondary N) is 1. The van der Waals surface area contributed by atoms with Gasteiger partial charge in [0.1, 0.15) is 11.7 Å². The van der Waals surface area contributed by atoms with E-state index in [1.54, 1.807) is 6.07 Å². The van der Waals surface area contributed by atoms with Crippen LogP contribution in [0, 0.1) is 5.82 Å². The number of benzene rings is 1. The number of halogens is 2. The molecule has 4 N–H and O–H groups in total. The van der Waals surface area contributed by atoms with Crippen LogP contribution < -0.4 is 11.1 Å². The van der Waals surface area contributed by atoms with Crippen LogP contribution >= 0.6 is 15.9 Å². The Morgan fingerprint density at radius 1 is 1.63 bits per heavy atom. The van der Waals surface area contributed by atoms with Crippen molar-refractivity contribution in [3.8, 4) is 0 Å². The first-order chi connectivity index (χ1) is 8.97. The smallest absolute Gasteiger partial charge is 0.254 e. The van der Waals surface area contributed by atoms with Crippen molar-refractivity contribution in [3.63, 3.8) is 0 Å².